The maximum absolute atomic E-state index is 10.6. The summed E-state index contributed by atoms with van der Waals surface area (Å²) in [5.41, 5.74) is 0.788. The first-order valence-electron chi connectivity index (χ1n) is 5.40. The second-order valence-corrected chi connectivity index (χ2v) is 5.31. The zero-order valence-electron chi connectivity index (χ0n) is 9.15. The minimum absolute atomic E-state index is 0.0697. The van der Waals surface area contributed by atoms with Crippen molar-refractivity contribution in [1.29, 1.82) is 5.26 Å². The smallest absolute Gasteiger partial charge is 0.258 e. The molecule has 0 atom stereocenters. The van der Waals surface area contributed by atoms with Gasteiger partial charge in [0.25, 0.3) is 5.69 Å². The van der Waals surface area contributed by atoms with Crippen LogP contribution in [0.15, 0.2) is 22.7 Å². The summed E-state index contributed by atoms with van der Waals surface area (Å²) in [6.45, 7) is 0. The van der Waals surface area contributed by atoms with Crippen LogP contribution in [-0.4, -0.2) is 4.92 Å². The number of hydrogen-bond acceptors (Lipinski definition) is 3. The maximum Gasteiger partial charge on any atom is 0.270 e. The summed E-state index contributed by atoms with van der Waals surface area (Å²) in [7, 11) is 0. The van der Waals surface area contributed by atoms with E-state index in [1.54, 1.807) is 6.07 Å². The monoisotopic (exact) mass is 294 g/mol. The van der Waals surface area contributed by atoms with E-state index in [9.17, 15) is 10.1 Å². The molecule has 0 heterocycles. The van der Waals surface area contributed by atoms with Gasteiger partial charge in [0.2, 0.25) is 0 Å². The van der Waals surface area contributed by atoms with Gasteiger partial charge in [0.15, 0.2) is 0 Å². The third-order valence-electron chi connectivity index (χ3n) is 3.32. The molecule has 0 aromatic heterocycles. The van der Waals surface area contributed by atoms with Gasteiger partial charge in [0, 0.05) is 16.6 Å². The van der Waals surface area contributed by atoms with Crippen LogP contribution in [0.25, 0.3) is 0 Å². The van der Waals surface area contributed by atoms with Gasteiger partial charge in [-0.05, 0) is 24.8 Å². The molecular weight excluding hydrogens is 284 g/mol. The average molecular weight is 295 g/mol. The SMILES string of the molecule is N#CC1(Cc2ccc([N+](=O)[O-])cc2Br)CCC1. The number of halogens is 1. The average Bonchev–Trinajstić information content (AvgIpc) is 2.25. The van der Waals surface area contributed by atoms with Gasteiger partial charge < -0.3 is 0 Å². The van der Waals surface area contributed by atoms with Crippen LogP contribution in [0.4, 0.5) is 5.69 Å². The molecule has 1 fully saturated rings. The zero-order chi connectivity index (χ0) is 12.5. The van der Waals surface area contributed by atoms with Crippen LogP contribution < -0.4 is 0 Å². The summed E-state index contributed by atoms with van der Waals surface area (Å²) in [6.07, 6.45) is 3.61. The van der Waals surface area contributed by atoms with Crippen molar-refractivity contribution >= 4 is 21.6 Å². The van der Waals surface area contributed by atoms with Crippen LogP contribution in [-0.2, 0) is 6.42 Å². The van der Waals surface area contributed by atoms with E-state index in [-0.39, 0.29) is 11.1 Å². The molecular formula is C12H11BrN2O2. The Bertz CT molecular complexity index is 504. The second kappa shape index (κ2) is 4.46. The number of rotatable bonds is 3. The highest BCUT2D eigenvalue weighted by molar-refractivity contribution is 9.10. The fourth-order valence-corrected chi connectivity index (χ4v) is 2.60. The van der Waals surface area contributed by atoms with E-state index in [0.717, 1.165) is 24.8 Å². The molecule has 0 radical (unpaired) electrons. The Balaban J connectivity index is 2.23. The standard InChI is InChI=1S/C12H11BrN2O2/c13-11-6-10(15(16)17)3-2-9(11)7-12(8-14)4-1-5-12/h2-3,6H,1,4-5,7H2. The minimum atomic E-state index is -0.419. The van der Waals surface area contributed by atoms with Crippen LogP contribution in [0.2, 0.25) is 0 Å². The van der Waals surface area contributed by atoms with Crippen molar-refractivity contribution in [2.24, 2.45) is 5.41 Å². The first kappa shape index (κ1) is 12.1. The van der Waals surface area contributed by atoms with Crippen molar-refractivity contribution in [2.75, 3.05) is 0 Å². The number of hydrogen-bond donors (Lipinski definition) is 0. The first-order chi connectivity index (χ1) is 8.06. The van der Waals surface area contributed by atoms with Gasteiger partial charge in [0.1, 0.15) is 0 Å². The Morgan fingerprint density at radius 1 is 1.53 bits per heavy atom. The molecule has 2 rings (SSSR count). The van der Waals surface area contributed by atoms with E-state index in [1.165, 1.54) is 12.1 Å². The zero-order valence-corrected chi connectivity index (χ0v) is 10.7. The molecule has 1 aliphatic carbocycles. The van der Waals surface area contributed by atoms with E-state index in [4.69, 9.17) is 5.26 Å². The Kier molecular flexibility index (Phi) is 3.16. The summed E-state index contributed by atoms with van der Waals surface area (Å²) < 4.78 is 0.716. The first-order valence-corrected chi connectivity index (χ1v) is 6.20. The van der Waals surface area contributed by atoms with Crippen molar-refractivity contribution in [3.05, 3.63) is 38.3 Å². The van der Waals surface area contributed by atoms with Crippen LogP contribution in [0.3, 0.4) is 0 Å². The highest BCUT2D eigenvalue weighted by Gasteiger charge is 2.37. The summed E-state index contributed by atoms with van der Waals surface area (Å²) in [4.78, 5) is 10.2. The molecule has 0 spiro atoms. The molecule has 1 saturated carbocycles. The molecule has 1 aromatic carbocycles. The molecule has 0 amide bonds. The predicted octanol–water partition coefficient (Wildman–Crippen LogP) is 3.59. The Morgan fingerprint density at radius 3 is 2.65 bits per heavy atom. The topological polar surface area (TPSA) is 66.9 Å². The van der Waals surface area contributed by atoms with E-state index in [1.807, 2.05) is 0 Å². The van der Waals surface area contributed by atoms with Gasteiger partial charge in [-0.15, -0.1) is 0 Å². The van der Waals surface area contributed by atoms with Crippen molar-refractivity contribution in [2.45, 2.75) is 25.7 Å². The van der Waals surface area contributed by atoms with Crippen molar-refractivity contribution in [1.82, 2.24) is 0 Å². The van der Waals surface area contributed by atoms with Gasteiger partial charge in [-0.2, -0.15) is 5.26 Å². The third kappa shape index (κ3) is 2.32. The molecule has 88 valence electrons. The molecule has 1 aliphatic rings. The van der Waals surface area contributed by atoms with Crippen molar-refractivity contribution in [3.8, 4) is 6.07 Å². The lowest BCUT2D eigenvalue weighted by molar-refractivity contribution is -0.384. The third-order valence-corrected chi connectivity index (χ3v) is 4.06. The largest absolute Gasteiger partial charge is 0.270 e. The highest BCUT2D eigenvalue weighted by atomic mass is 79.9. The van der Waals surface area contributed by atoms with Gasteiger partial charge in [0.05, 0.1) is 16.4 Å². The number of nitriles is 1. The lowest BCUT2D eigenvalue weighted by atomic mass is 9.66. The molecule has 0 bridgehead atoms. The Labute approximate surface area is 108 Å². The van der Waals surface area contributed by atoms with Crippen LogP contribution >= 0.6 is 15.9 Å². The summed E-state index contributed by atoms with van der Waals surface area (Å²) in [5, 5.41) is 19.8. The van der Waals surface area contributed by atoms with Crippen molar-refractivity contribution < 1.29 is 4.92 Å². The lowest BCUT2D eigenvalue weighted by Crippen LogP contribution is -2.29. The van der Waals surface area contributed by atoms with E-state index in [2.05, 4.69) is 22.0 Å². The number of nitrogens with zero attached hydrogens (tertiary/aromatic N) is 2. The minimum Gasteiger partial charge on any atom is -0.258 e. The molecule has 5 heteroatoms. The van der Waals surface area contributed by atoms with Crippen LogP contribution in [0.5, 0.6) is 0 Å². The number of benzene rings is 1. The number of nitro benzene ring substituents is 1. The normalized spacial score (nSPS) is 16.9. The fourth-order valence-electron chi connectivity index (χ4n) is 2.09. The van der Waals surface area contributed by atoms with Gasteiger partial charge in [-0.25, -0.2) is 0 Å². The second-order valence-electron chi connectivity index (χ2n) is 4.46. The quantitative estimate of drug-likeness (QED) is 0.632. The number of nitro groups is 1. The molecule has 17 heavy (non-hydrogen) atoms. The number of non-ortho nitro benzene ring substituents is 1. The molecule has 0 saturated heterocycles. The van der Waals surface area contributed by atoms with Gasteiger partial charge >= 0.3 is 0 Å². The maximum atomic E-state index is 10.6. The molecule has 0 N–H and O–H groups in total. The molecule has 0 unspecified atom stereocenters. The highest BCUT2D eigenvalue weighted by Crippen LogP contribution is 2.44. The summed E-state index contributed by atoms with van der Waals surface area (Å²) in [6, 6.07) is 7.10. The Morgan fingerprint density at radius 2 is 2.24 bits per heavy atom. The summed E-state index contributed by atoms with van der Waals surface area (Å²) >= 11 is 3.34. The molecule has 4 nitrogen and oxygen atoms in total. The molecule has 1 aromatic rings. The van der Waals surface area contributed by atoms with E-state index >= 15 is 0 Å². The van der Waals surface area contributed by atoms with Crippen LogP contribution in [0.1, 0.15) is 24.8 Å². The fraction of sp³-hybridized carbons (Fsp3) is 0.417. The Hall–Kier alpha value is -1.41. The van der Waals surface area contributed by atoms with Crippen LogP contribution in [0, 0.1) is 26.9 Å². The van der Waals surface area contributed by atoms with Gasteiger partial charge in [-0.1, -0.05) is 28.4 Å². The lowest BCUT2D eigenvalue weighted by Gasteiger charge is -2.35. The predicted molar refractivity (Wildman–Crippen MR) is 66.4 cm³/mol. The van der Waals surface area contributed by atoms with E-state index < -0.39 is 4.92 Å². The summed E-state index contributed by atoms with van der Waals surface area (Å²) in [5.74, 6) is 0. The van der Waals surface area contributed by atoms with E-state index in [0.29, 0.717) is 10.9 Å². The van der Waals surface area contributed by atoms with Gasteiger partial charge in [-0.3, -0.25) is 10.1 Å². The molecule has 0 aliphatic heterocycles. The van der Waals surface area contributed by atoms with Crippen molar-refractivity contribution in [3.63, 3.8) is 0 Å².